The smallest absolute Gasteiger partial charge is 0.412 e. The van der Waals surface area contributed by atoms with Gasteiger partial charge in [-0.25, -0.2) is 4.79 Å². The van der Waals surface area contributed by atoms with E-state index in [0.717, 1.165) is 60.3 Å². The Hall–Kier alpha value is -3.31. The van der Waals surface area contributed by atoms with Crippen LogP contribution in [0.5, 0.6) is 11.5 Å². The molecule has 6 rings (SSSR count). The summed E-state index contributed by atoms with van der Waals surface area (Å²) in [4.78, 5) is 19.3. The molecule has 1 amide bonds. The van der Waals surface area contributed by atoms with Gasteiger partial charge in [0.25, 0.3) is 0 Å². The molecule has 0 spiro atoms. The molecule has 9 nitrogen and oxygen atoms in total. The van der Waals surface area contributed by atoms with Gasteiger partial charge in [-0.1, -0.05) is 73.3 Å². The number of carbonyl (C=O) groups is 1. The van der Waals surface area contributed by atoms with Crippen LogP contribution in [-0.2, 0) is 16.1 Å². The molecule has 1 heterocycles. The van der Waals surface area contributed by atoms with E-state index in [-0.39, 0.29) is 42.1 Å². The molecule has 10 heteroatoms. The third-order valence-corrected chi connectivity index (χ3v) is 12.9. The number of unbranched alkanes of at least 4 members (excludes halogenated alkanes) is 2. The van der Waals surface area contributed by atoms with Gasteiger partial charge in [0.15, 0.2) is 0 Å². The zero-order valence-electron chi connectivity index (χ0n) is 32.3. The molecular formula is C44H60N2O7S. The van der Waals surface area contributed by atoms with Crippen molar-refractivity contribution in [3.63, 3.8) is 0 Å². The van der Waals surface area contributed by atoms with Crippen molar-refractivity contribution in [1.29, 1.82) is 0 Å². The Balaban J connectivity index is 1.47. The lowest BCUT2D eigenvalue weighted by molar-refractivity contribution is -0.223. The van der Waals surface area contributed by atoms with Crippen molar-refractivity contribution in [1.82, 2.24) is 5.32 Å². The second-order valence-electron chi connectivity index (χ2n) is 16.2. The van der Waals surface area contributed by atoms with E-state index < -0.39 is 17.5 Å². The van der Waals surface area contributed by atoms with Crippen molar-refractivity contribution in [2.45, 2.75) is 126 Å². The minimum Gasteiger partial charge on any atom is -0.460 e. The number of nitrogens with zero attached hydrogens (tertiary/aromatic N) is 1. The quantitative estimate of drug-likeness (QED) is 0.0831. The Morgan fingerprint density at radius 3 is 2.50 bits per heavy atom. The van der Waals surface area contributed by atoms with Crippen LogP contribution in [0.3, 0.4) is 0 Å². The molecular weight excluding hydrogens is 701 g/mol. The van der Waals surface area contributed by atoms with Crippen molar-refractivity contribution in [3.8, 4) is 11.5 Å². The lowest BCUT2D eigenvalue weighted by Crippen LogP contribution is -2.64. The first kappa shape index (κ1) is 40.4. The summed E-state index contributed by atoms with van der Waals surface area (Å²) in [6.45, 7) is 11.1. The predicted molar refractivity (Wildman–Crippen MR) is 215 cm³/mol. The van der Waals surface area contributed by atoms with E-state index in [1.807, 2.05) is 81.1 Å². The molecule has 6 atom stereocenters. The summed E-state index contributed by atoms with van der Waals surface area (Å²) in [7, 11) is 0. The van der Waals surface area contributed by atoms with Crippen LogP contribution in [0.2, 0.25) is 0 Å². The number of hydrogen-bond donors (Lipinski definition) is 3. The van der Waals surface area contributed by atoms with Gasteiger partial charge < -0.3 is 34.6 Å². The molecule has 2 fully saturated rings. The third-order valence-electron chi connectivity index (χ3n) is 11.2. The van der Waals surface area contributed by atoms with Crippen molar-refractivity contribution in [3.05, 3.63) is 84.0 Å². The van der Waals surface area contributed by atoms with Crippen LogP contribution >= 0.6 is 11.8 Å². The fraction of sp³-hybridized carbons (Fsp3) is 0.591. The van der Waals surface area contributed by atoms with Crippen LogP contribution in [0.4, 0.5) is 4.79 Å². The number of aliphatic hydroxyl groups is 2. The lowest BCUT2D eigenvalue weighted by Gasteiger charge is -2.58. The average Bonchev–Trinajstić information content (AvgIpc) is 3.68. The molecule has 2 saturated carbocycles. The van der Waals surface area contributed by atoms with Crippen LogP contribution in [0.25, 0.3) is 0 Å². The van der Waals surface area contributed by atoms with E-state index >= 15 is 0 Å². The third kappa shape index (κ3) is 9.55. The summed E-state index contributed by atoms with van der Waals surface area (Å²) in [5.41, 5.74) is 3.54. The Morgan fingerprint density at radius 1 is 1.06 bits per heavy atom. The predicted octanol–water partition coefficient (Wildman–Crippen LogP) is 9.08. The van der Waals surface area contributed by atoms with Crippen LogP contribution in [0, 0.1) is 17.8 Å². The molecule has 2 aromatic rings. The Bertz CT molecular complexity index is 1620. The number of hydrogen-bond acceptors (Lipinski definition) is 9. The van der Waals surface area contributed by atoms with Crippen molar-refractivity contribution in [2.75, 3.05) is 19.8 Å². The molecule has 294 valence electrons. The second kappa shape index (κ2) is 18.5. The Kier molecular flexibility index (Phi) is 13.9. The van der Waals surface area contributed by atoms with E-state index in [9.17, 15) is 15.0 Å². The summed E-state index contributed by atoms with van der Waals surface area (Å²) in [5, 5.41) is 27.9. The van der Waals surface area contributed by atoms with Gasteiger partial charge >= 0.3 is 6.09 Å². The number of thioether (sulfide) groups is 1. The largest absolute Gasteiger partial charge is 0.460 e. The van der Waals surface area contributed by atoms with E-state index in [1.54, 1.807) is 6.08 Å². The van der Waals surface area contributed by atoms with E-state index in [4.69, 9.17) is 24.2 Å². The van der Waals surface area contributed by atoms with Gasteiger partial charge in [-0.05, 0) is 100 Å². The number of amides is 1. The molecule has 1 aliphatic heterocycles. The van der Waals surface area contributed by atoms with Crippen molar-refractivity contribution < 1.29 is 34.1 Å². The number of benzene rings is 2. The van der Waals surface area contributed by atoms with Gasteiger partial charge in [0.05, 0.1) is 23.5 Å². The van der Waals surface area contributed by atoms with Gasteiger partial charge in [-0.2, -0.15) is 0 Å². The number of carbonyl (C=O) groups excluding carboxylic acids is 1. The highest BCUT2D eigenvalue weighted by molar-refractivity contribution is 8.00. The number of rotatable bonds is 17. The number of fused-ring (bicyclic) bond motifs is 2. The summed E-state index contributed by atoms with van der Waals surface area (Å²) in [6, 6.07) is 15.5. The normalized spacial score (nSPS) is 27.0. The number of oxime groups is 1. The summed E-state index contributed by atoms with van der Waals surface area (Å²) in [5.74, 6) is 0.222. The van der Waals surface area contributed by atoms with Crippen LogP contribution in [0.1, 0.15) is 108 Å². The highest BCUT2D eigenvalue weighted by Crippen LogP contribution is 2.63. The van der Waals surface area contributed by atoms with Gasteiger partial charge in [0.1, 0.15) is 17.1 Å². The molecule has 4 aliphatic rings. The molecule has 2 aromatic carbocycles. The maximum absolute atomic E-state index is 13.1. The molecule has 0 bridgehead atoms. The van der Waals surface area contributed by atoms with Gasteiger partial charge in [0, 0.05) is 42.9 Å². The van der Waals surface area contributed by atoms with Gasteiger partial charge in [0.2, 0.25) is 5.79 Å². The molecule has 0 aromatic heterocycles. The molecule has 3 N–H and O–H groups in total. The first-order valence-corrected chi connectivity index (χ1v) is 21.0. The summed E-state index contributed by atoms with van der Waals surface area (Å²) >= 11 is 1.98. The van der Waals surface area contributed by atoms with Crippen LogP contribution < -0.4 is 14.8 Å². The molecule has 3 aliphatic carbocycles. The first-order valence-electron chi connectivity index (χ1n) is 20.1. The first-order chi connectivity index (χ1) is 26.2. The Labute approximate surface area is 325 Å². The van der Waals surface area contributed by atoms with Gasteiger partial charge in [-0.15, -0.1) is 18.3 Å². The van der Waals surface area contributed by atoms with E-state index in [2.05, 4.69) is 18.0 Å². The van der Waals surface area contributed by atoms with Gasteiger partial charge in [-0.3, -0.25) is 0 Å². The SMILES string of the molecule is C=CCOC12Oc3ccc(OC(=O)NCc4ccccc4)cc3C3C(CCCCO)C(CCCCO)C=C(C(=NOC(C)(C)C)CC1SC1CCCC1)C32. The fourth-order valence-corrected chi connectivity index (χ4v) is 10.6. The van der Waals surface area contributed by atoms with Crippen LogP contribution in [0.15, 0.2) is 78.0 Å². The molecule has 54 heavy (non-hydrogen) atoms. The van der Waals surface area contributed by atoms with Crippen LogP contribution in [-0.4, -0.2) is 63.7 Å². The van der Waals surface area contributed by atoms with E-state index in [0.29, 0.717) is 37.0 Å². The lowest BCUT2D eigenvalue weighted by atomic mass is 9.56. The minimum atomic E-state index is -1.01. The minimum absolute atomic E-state index is 0.0654. The topological polar surface area (TPSA) is 119 Å². The fourth-order valence-electron chi connectivity index (χ4n) is 8.87. The monoisotopic (exact) mass is 760 g/mol. The highest BCUT2D eigenvalue weighted by Gasteiger charge is 2.64. The van der Waals surface area contributed by atoms with E-state index in [1.165, 1.54) is 25.7 Å². The molecule has 0 saturated heterocycles. The number of nitrogens with one attached hydrogen (secondary N) is 1. The maximum atomic E-state index is 13.1. The second-order valence-corrected chi connectivity index (χ2v) is 17.7. The Morgan fingerprint density at radius 2 is 1.80 bits per heavy atom. The van der Waals surface area contributed by atoms with Crippen molar-refractivity contribution in [2.24, 2.45) is 22.9 Å². The number of ether oxygens (including phenoxy) is 3. The zero-order valence-corrected chi connectivity index (χ0v) is 33.2. The highest BCUT2D eigenvalue weighted by atomic mass is 32.2. The maximum Gasteiger partial charge on any atom is 0.412 e. The number of allylic oxidation sites excluding steroid dienone is 1. The number of aliphatic hydroxyl groups excluding tert-OH is 2. The zero-order chi connectivity index (χ0) is 38.1. The van der Waals surface area contributed by atoms with Crippen molar-refractivity contribution >= 4 is 23.6 Å². The summed E-state index contributed by atoms with van der Waals surface area (Å²) in [6.07, 6.45) is 14.1. The standard InChI is InChI=1S/C44H60N2O7S/c1-5-25-50-44-39(54-33-18-9-10-19-33)28-37(46-53-43(2,3)4)35-26-31(17-11-13-23-47)34(20-12-14-24-48)40(41(35)44)36-27-32(21-22-38(36)52-44)51-42(49)45-29-30-15-7-6-8-16-30/h5-8,15-16,21-22,26-27,31,33-34,39-41,47-48H,1,9-14,17-20,23-25,28-29H2,2-4H3,(H,45,49). The summed E-state index contributed by atoms with van der Waals surface area (Å²) < 4.78 is 20.3. The average molecular weight is 761 g/mol. The molecule has 0 radical (unpaired) electrons. The molecule has 6 unspecified atom stereocenters.